The van der Waals surface area contributed by atoms with Crippen molar-refractivity contribution in [2.45, 2.75) is 26.9 Å². The molecule has 5 nitrogen and oxygen atoms in total. The van der Waals surface area contributed by atoms with E-state index in [1.54, 1.807) is 30.3 Å². The summed E-state index contributed by atoms with van der Waals surface area (Å²) in [5, 5.41) is 0.751. The van der Waals surface area contributed by atoms with Gasteiger partial charge in [0.15, 0.2) is 11.5 Å². The number of carbonyl (C=O) groups excluding carboxylic acids is 2. The largest absolute Gasteiger partial charge is 0.490 e. The Bertz CT molecular complexity index is 976. The van der Waals surface area contributed by atoms with Crippen LogP contribution < -0.4 is 9.47 Å². The molecule has 1 heterocycles. The molecule has 0 bridgehead atoms. The van der Waals surface area contributed by atoms with Gasteiger partial charge >= 0.3 is 0 Å². The van der Waals surface area contributed by atoms with Crippen molar-refractivity contribution in [3.8, 4) is 11.5 Å². The molecule has 1 aliphatic rings. The molecule has 2 amide bonds. The number of rotatable bonds is 8. The third-order valence-corrected chi connectivity index (χ3v) is 5.69. The second-order valence-corrected chi connectivity index (χ2v) is 8.35. The highest BCUT2D eigenvalue weighted by atomic mass is 35.5. The second-order valence-electron chi connectivity index (χ2n) is 6.51. The number of nitrogens with zero attached hydrogens (tertiary/aromatic N) is 1. The summed E-state index contributed by atoms with van der Waals surface area (Å²) in [5.41, 5.74) is 1.59. The van der Waals surface area contributed by atoms with Crippen molar-refractivity contribution in [2.75, 3.05) is 13.2 Å². The van der Waals surface area contributed by atoms with Gasteiger partial charge < -0.3 is 9.47 Å². The third kappa shape index (κ3) is 5.31. The van der Waals surface area contributed by atoms with Crippen LogP contribution in [-0.2, 0) is 11.4 Å². The minimum Gasteiger partial charge on any atom is -0.490 e. The van der Waals surface area contributed by atoms with E-state index < -0.39 is 0 Å². The van der Waals surface area contributed by atoms with E-state index >= 15 is 0 Å². The van der Waals surface area contributed by atoms with Crippen molar-refractivity contribution < 1.29 is 19.1 Å². The molecule has 0 unspecified atom stereocenters. The first kappa shape index (κ1) is 22.5. The fourth-order valence-electron chi connectivity index (χ4n) is 2.88. The lowest BCUT2D eigenvalue weighted by molar-refractivity contribution is -0.122. The number of benzene rings is 2. The summed E-state index contributed by atoms with van der Waals surface area (Å²) in [6.07, 6.45) is 2.36. The van der Waals surface area contributed by atoms with Crippen LogP contribution in [0.1, 0.15) is 31.4 Å². The fraction of sp³-hybridized carbons (Fsp3) is 0.273. The van der Waals surface area contributed by atoms with Gasteiger partial charge in [0.2, 0.25) is 0 Å². The topological polar surface area (TPSA) is 55.8 Å². The van der Waals surface area contributed by atoms with Gasteiger partial charge in [-0.05, 0) is 66.6 Å². The Morgan fingerprint density at radius 1 is 1.07 bits per heavy atom. The number of thioether (sulfide) groups is 1. The molecule has 3 rings (SSSR count). The van der Waals surface area contributed by atoms with Crippen LogP contribution in [0, 0.1) is 0 Å². The zero-order chi connectivity index (χ0) is 21.7. The second kappa shape index (κ2) is 10.2. The minimum absolute atomic E-state index is 0.257. The fourth-order valence-corrected chi connectivity index (χ4v) is 4.14. The Morgan fingerprint density at radius 2 is 1.80 bits per heavy atom. The molecule has 0 aromatic heterocycles. The molecule has 8 heteroatoms. The molecular weight excluding hydrogens is 445 g/mol. The molecule has 30 heavy (non-hydrogen) atoms. The van der Waals surface area contributed by atoms with Crippen molar-refractivity contribution in [3.05, 3.63) is 62.5 Å². The predicted octanol–water partition coefficient (Wildman–Crippen LogP) is 6.42. The molecule has 1 saturated heterocycles. The van der Waals surface area contributed by atoms with Gasteiger partial charge in [-0.3, -0.25) is 14.5 Å². The summed E-state index contributed by atoms with van der Waals surface area (Å²) in [5.74, 6) is 0.603. The van der Waals surface area contributed by atoms with E-state index in [1.165, 1.54) is 4.90 Å². The van der Waals surface area contributed by atoms with Gasteiger partial charge in [0.25, 0.3) is 11.1 Å². The molecule has 1 aliphatic heterocycles. The highest BCUT2D eigenvalue weighted by Crippen LogP contribution is 2.39. The number of hydrogen-bond donors (Lipinski definition) is 0. The van der Waals surface area contributed by atoms with Gasteiger partial charge in [-0.25, -0.2) is 0 Å². The average Bonchev–Trinajstić information content (AvgIpc) is 2.97. The normalized spacial score (nSPS) is 15.2. The lowest BCUT2D eigenvalue weighted by Crippen LogP contribution is -2.28. The number of carbonyl (C=O) groups is 2. The van der Waals surface area contributed by atoms with Crippen LogP contribution >= 0.6 is 35.0 Å². The van der Waals surface area contributed by atoms with Crippen molar-refractivity contribution in [3.63, 3.8) is 0 Å². The summed E-state index contributed by atoms with van der Waals surface area (Å²) < 4.78 is 11.6. The molecule has 0 radical (unpaired) electrons. The monoisotopic (exact) mass is 465 g/mol. The van der Waals surface area contributed by atoms with Gasteiger partial charge in [0.05, 0.1) is 16.5 Å². The predicted molar refractivity (Wildman–Crippen MR) is 121 cm³/mol. The Labute approximate surface area is 189 Å². The van der Waals surface area contributed by atoms with E-state index in [0.29, 0.717) is 58.2 Å². The van der Waals surface area contributed by atoms with Gasteiger partial charge in [-0.15, -0.1) is 0 Å². The molecule has 1 fully saturated rings. The van der Waals surface area contributed by atoms with Gasteiger partial charge in [0.1, 0.15) is 6.61 Å². The van der Waals surface area contributed by atoms with E-state index in [1.807, 2.05) is 26.0 Å². The van der Waals surface area contributed by atoms with E-state index in [2.05, 4.69) is 0 Å². The van der Waals surface area contributed by atoms with Crippen LogP contribution in [0.2, 0.25) is 10.0 Å². The minimum atomic E-state index is -0.288. The summed E-state index contributed by atoms with van der Waals surface area (Å²) in [4.78, 5) is 26.1. The first-order chi connectivity index (χ1) is 14.4. The highest BCUT2D eigenvalue weighted by molar-refractivity contribution is 8.18. The van der Waals surface area contributed by atoms with Crippen LogP contribution in [0.15, 0.2) is 41.3 Å². The van der Waals surface area contributed by atoms with E-state index in [-0.39, 0.29) is 11.1 Å². The van der Waals surface area contributed by atoms with Crippen molar-refractivity contribution >= 4 is 52.2 Å². The first-order valence-electron chi connectivity index (χ1n) is 9.51. The molecule has 0 atom stereocenters. The van der Waals surface area contributed by atoms with Crippen LogP contribution in [0.25, 0.3) is 6.08 Å². The number of hydrogen-bond acceptors (Lipinski definition) is 5. The smallest absolute Gasteiger partial charge is 0.293 e. The van der Waals surface area contributed by atoms with Crippen LogP contribution in [0.4, 0.5) is 4.79 Å². The van der Waals surface area contributed by atoms with Crippen molar-refractivity contribution in [1.29, 1.82) is 0 Å². The van der Waals surface area contributed by atoms with Crippen molar-refractivity contribution in [2.24, 2.45) is 0 Å². The average molecular weight is 466 g/mol. The maximum atomic E-state index is 12.5. The van der Waals surface area contributed by atoms with Crippen LogP contribution in [0.5, 0.6) is 11.5 Å². The van der Waals surface area contributed by atoms with E-state index in [0.717, 1.165) is 17.3 Å². The maximum absolute atomic E-state index is 12.5. The van der Waals surface area contributed by atoms with Crippen LogP contribution in [-0.4, -0.2) is 29.2 Å². The molecule has 0 N–H and O–H groups in total. The third-order valence-electron chi connectivity index (χ3n) is 4.25. The Morgan fingerprint density at radius 3 is 2.47 bits per heavy atom. The summed E-state index contributed by atoms with van der Waals surface area (Å²) in [7, 11) is 0. The van der Waals surface area contributed by atoms with E-state index in [9.17, 15) is 9.59 Å². The standard InChI is InChI=1S/C22H21Cl2NO4S/c1-3-9-25-21(26)19(30-22(25)27)12-15-10-17(24)20(18(11-15)28-4-2)29-13-14-5-7-16(23)8-6-14/h5-8,10-12H,3-4,9,13H2,1-2H3/b19-12+. The number of imide groups is 1. The Kier molecular flexibility index (Phi) is 7.69. The highest BCUT2D eigenvalue weighted by Gasteiger charge is 2.34. The molecule has 158 valence electrons. The Balaban J connectivity index is 1.85. The summed E-state index contributed by atoms with van der Waals surface area (Å²) in [6.45, 7) is 4.91. The van der Waals surface area contributed by atoms with Gasteiger partial charge in [0, 0.05) is 11.6 Å². The molecule has 0 saturated carbocycles. The first-order valence-corrected chi connectivity index (χ1v) is 11.1. The molecule has 0 aliphatic carbocycles. The Hall–Kier alpha value is -2.15. The van der Waals surface area contributed by atoms with Gasteiger partial charge in [-0.2, -0.15) is 0 Å². The molecular formula is C22H21Cl2NO4S. The van der Waals surface area contributed by atoms with E-state index in [4.69, 9.17) is 32.7 Å². The SMILES string of the molecule is CCCN1C(=O)S/C(=C/c2cc(Cl)c(OCc3ccc(Cl)cc3)c(OCC)c2)C1=O. The summed E-state index contributed by atoms with van der Waals surface area (Å²) >= 11 is 13.3. The zero-order valence-electron chi connectivity index (χ0n) is 16.6. The lowest BCUT2D eigenvalue weighted by atomic mass is 10.1. The lowest BCUT2D eigenvalue weighted by Gasteiger charge is -2.15. The summed E-state index contributed by atoms with van der Waals surface area (Å²) in [6, 6.07) is 10.8. The van der Waals surface area contributed by atoms with Gasteiger partial charge in [-0.1, -0.05) is 42.3 Å². The molecule has 2 aromatic carbocycles. The van der Waals surface area contributed by atoms with Crippen molar-refractivity contribution in [1.82, 2.24) is 4.90 Å². The zero-order valence-corrected chi connectivity index (χ0v) is 18.9. The maximum Gasteiger partial charge on any atom is 0.293 e. The molecule has 2 aromatic rings. The number of halogens is 2. The number of amides is 2. The van der Waals surface area contributed by atoms with Crippen LogP contribution in [0.3, 0.4) is 0 Å². The molecule has 0 spiro atoms. The quantitative estimate of drug-likeness (QED) is 0.421. The number of ether oxygens (including phenoxy) is 2.